The molecule has 2 N–H and O–H groups in total. The van der Waals surface area contributed by atoms with Crippen LogP contribution in [0.3, 0.4) is 0 Å². The molecule has 1 unspecified atom stereocenters. The Labute approximate surface area is 146 Å². The molecule has 6 heteroatoms. The molecule has 1 aliphatic rings. The Morgan fingerprint density at radius 1 is 1.42 bits per heavy atom. The van der Waals surface area contributed by atoms with Crippen molar-refractivity contribution in [3.05, 3.63) is 36.0 Å². The molecule has 3 rings (SSSR count). The lowest BCUT2D eigenvalue weighted by Gasteiger charge is -2.33. The van der Waals surface area contributed by atoms with Crippen LogP contribution in [-0.4, -0.2) is 39.2 Å². The van der Waals surface area contributed by atoms with Crippen LogP contribution in [-0.2, 0) is 0 Å². The zero-order valence-corrected chi connectivity index (χ0v) is 15.1. The molecule has 24 heavy (non-hydrogen) atoms. The minimum absolute atomic E-state index is 0.159. The Balaban J connectivity index is 1.73. The lowest BCUT2D eigenvalue weighted by atomic mass is 9.97. The van der Waals surface area contributed by atoms with Crippen LogP contribution in [0, 0.1) is 6.92 Å². The standard InChI is InChI=1S/C18H23N3O2S/c1-12-7-4-5-8-13(12)14-11-19-16(24-14)20-17(22)21-10-6-9-15(21)18(2,3)23/h4-5,7-8,11,15,23H,6,9-10H2,1-3H3,(H,19,20,22). The van der Waals surface area contributed by atoms with Gasteiger partial charge in [-0.1, -0.05) is 35.6 Å². The number of thiazole rings is 1. The fourth-order valence-corrected chi connectivity index (χ4v) is 4.11. The molecule has 1 aliphatic heterocycles. The molecule has 2 amide bonds. The number of aliphatic hydroxyl groups is 1. The maximum atomic E-state index is 12.6. The second kappa shape index (κ2) is 6.53. The minimum atomic E-state index is -0.900. The van der Waals surface area contributed by atoms with E-state index in [1.54, 1.807) is 24.9 Å². The van der Waals surface area contributed by atoms with Crippen molar-refractivity contribution in [3.63, 3.8) is 0 Å². The highest BCUT2D eigenvalue weighted by molar-refractivity contribution is 7.19. The maximum absolute atomic E-state index is 12.6. The van der Waals surface area contributed by atoms with Gasteiger partial charge in [-0.3, -0.25) is 5.32 Å². The van der Waals surface area contributed by atoms with Crippen LogP contribution in [0.2, 0.25) is 0 Å². The van der Waals surface area contributed by atoms with E-state index in [-0.39, 0.29) is 12.1 Å². The molecule has 1 aromatic carbocycles. The summed E-state index contributed by atoms with van der Waals surface area (Å²) in [5, 5.41) is 13.7. The first-order valence-corrected chi connectivity index (χ1v) is 9.00. The third-order valence-corrected chi connectivity index (χ3v) is 5.41. The third-order valence-electron chi connectivity index (χ3n) is 4.46. The number of amides is 2. The van der Waals surface area contributed by atoms with Crippen LogP contribution in [0.25, 0.3) is 10.4 Å². The fourth-order valence-electron chi connectivity index (χ4n) is 3.21. The van der Waals surface area contributed by atoms with E-state index in [1.807, 2.05) is 12.1 Å². The number of nitrogens with zero attached hydrogens (tertiary/aromatic N) is 2. The van der Waals surface area contributed by atoms with Gasteiger partial charge in [-0.2, -0.15) is 0 Å². The van der Waals surface area contributed by atoms with Gasteiger partial charge in [-0.25, -0.2) is 9.78 Å². The number of anilines is 1. The van der Waals surface area contributed by atoms with Gasteiger partial charge in [0.1, 0.15) is 0 Å². The Hall–Kier alpha value is -1.92. The van der Waals surface area contributed by atoms with Crippen LogP contribution in [0.1, 0.15) is 32.3 Å². The smallest absolute Gasteiger partial charge is 0.323 e. The largest absolute Gasteiger partial charge is 0.388 e. The first-order valence-electron chi connectivity index (χ1n) is 8.18. The molecular formula is C18H23N3O2S. The Bertz CT molecular complexity index is 736. The van der Waals surface area contributed by atoms with E-state index in [0.29, 0.717) is 11.7 Å². The number of likely N-dealkylation sites (tertiary alicyclic amines) is 1. The number of carbonyl (C=O) groups excluding carboxylic acids is 1. The quantitative estimate of drug-likeness (QED) is 0.887. The third kappa shape index (κ3) is 3.44. The second-order valence-corrected chi connectivity index (χ2v) is 7.81. The Morgan fingerprint density at radius 3 is 2.88 bits per heavy atom. The summed E-state index contributed by atoms with van der Waals surface area (Å²) >= 11 is 1.46. The molecule has 1 saturated heterocycles. The van der Waals surface area contributed by atoms with Crippen LogP contribution in [0.15, 0.2) is 30.5 Å². The summed E-state index contributed by atoms with van der Waals surface area (Å²) < 4.78 is 0. The topological polar surface area (TPSA) is 65.5 Å². The van der Waals surface area contributed by atoms with Gasteiger partial charge in [-0.05, 0) is 44.7 Å². The van der Waals surface area contributed by atoms with Gasteiger partial charge in [-0.15, -0.1) is 0 Å². The van der Waals surface area contributed by atoms with Gasteiger partial charge in [0.05, 0.1) is 16.5 Å². The highest BCUT2D eigenvalue weighted by atomic mass is 32.1. The molecule has 1 atom stereocenters. The number of benzene rings is 1. The molecule has 0 saturated carbocycles. The van der Waals surface area contributed by atoms with Gasteiger partial charge in [0.2, 0.25) is 0 Å². The maximum Gasteiger partial charge on any atom is 0.323 e. The first kappa shape index (κ1) is 16.9. The highest BCUT2D eigenvalue weighted by Gasteiger charge is 2.38. The molecule has 2 aromatic rings. The molecular weight excluding hydrogens is 322 g/mol. The normalized spacial score (nSPS) is 18.0. The Morgan fingerprint density at radius 2 is 2.17 bits per heavy atom. The average Bonchev–Trinajstić information content (AvgIpc) is 3.16. The van der Waals surface area contributed by atoms with Gasteiger partial charge in [0.15, 0.2) is 5.13 Å². The van der Waals surface area contributed by atoms with E-state index in [4.69, 9.17) is 0 Å². The van der Waals surface area contributed by atoms with Gasteiger partial charge >= 0.3 is 6.03 Å². The molecule has 2 heterocycles. The zero-order chi connectivity index (χ0) is 17.3. The Kier molecular flexibility index (Phi) is 4.60. The van der Waals surface area contributed by atoms with Crippen molar-refractivity contribution in [3.8, 4) is 10.4 Å². The zero-order valence-electron chi connectivity index (χ0n) is 14.2. The average molecular weight is 345 g/mol. The highest BCUT2D eigenvalue weighted by Crippen LogP contribution is 2.32. The SMILES string of the molecule is Cc1ccccc1-c1cnc(NC(=O)N2CCCC2C(C)(C)O)s1. The van der Waals surface area contributed by atoms with Crippen LogP contribution >= 0.6 is 11.3 Å². The van der Waals surface area contributed by atoms with Crippen LogP contribution in [0.4, 0.5) is 9.93 Å². The number of rotatable bonds is 3. The predicted octanol–water partition coefficient (Wildman–Crippen LogP) is 3.89. The molecule has 5 nitrogen and oxygen atoms in total. The lowest BCUT2D eigenvalue weighted by Crippen LogP contribution is -2.49. The van der Waals surface area contributed by atoms with Gasteiger partial charge < -0.3 is 10.0 Å². The van der Waals surface area contributed by atoms with Crippen molar-refractivity contribution >= 4 is 22.5 Å². The summed E-state index contributed by atoms with van der Waals surface area (Å²) in [5.41, 5.74) is 1.41. The summed E-state index contributed by atoms with van der Waals surface area (Å²) in [6.45, 7) is 6.23. The number of hydrogen-bond donors (Lipinski definition) is 2. The monoisotopic (exact) mass is 345 g/mol. The van der Waals surface area contributed by atoms with E-state index >= 15 is 0 Å². The number of hydrogen-bond acceptors (Lipinski definition) is 4. The summed E-state index contributed by atoms with van der Waals surface area (Å²) in [6.07, 6.45) is 3.53. The van der Waals surface area contributed by atoms with E-state index in [0.717, 1.165) is 23.3 Å². The fraction of sp³-hybridized carbons (Fsp3) is 0.444. The second-order valence-electron chi connectivity index (χ2n) is 6.78. The summed E-state index contributed by atoms with van der Waals surface area (Å²) in [7, 11) is 0. The molecule has 0 aliphatic carbocycles. The lowest BCUT2D eigenvalue weighted by molar-refractivity contribution is 0.0117. The summed E-state index contributed by atoms with van der Waals surface area (Å²) in [4.78, 5) is 19.6. The van der Waals surface area contributed by atoms with Crippen molar-refractivity contribution in [2.75, 3.05) is 11.9 Å². The molecule has 1 fully saturated rings. The molecule has 0 bridgehead atoms. The van der Waals surface area contributed by atoms with Crippen LogP contribution < -0.4 is 5.32 Å². The summed E-state index contributed by atoms with van der Waals surface area (Å²) in [5.74, 6) is 0. The molecule has 0 spiro atoms. The van der Waals surface area contributed by atoms with E-state index in [9.17, 15) is 9.90 Å². The minimum Gasteiger partial charge on any atom is -0.388 e. The molecule has 1 aromatic heterocycles. The van der Waals surface area contributed by atoms with Crippen molar-refractivity contribution in [2.45, 2.75) is 45.3 Å². The number of carbonyl (C=O) groups is 1. The van der Waals surface area contributed by atoms with E-state index in [1.165, 1.54) is 16.9 Å². The van der Waals surface area contributed by atoms with Gasteiger partial charge in [0, 0.05) is 12.7 Å². The number of aryl methyl sites for hydroxylation is 1. The van der Waals surface area contributed by atoms with E-state index in [2.05, 4.69) is 29.4 Å². The number of urea groups is 1. The van der Waals surface area contributed by atoms with Crippen molar-refractivity contribution in [1.82, 2.24) is 9.88 Å². The van der Waals surface area contributed by atoms with Crippen LogP contribution in [0.5, 0.6) is 0 Å². The molecule has 128 valence electrons. The van der Waals surface area contributed by atoms with E-state index < -0.39 is 5.60 Å². The van der Waals surface area contributed by atoms with Gasteiger partial charge in [0.25, 0.3) is 0 Å². The first-order chi connectivity index (χ1) is 11.4. The van der Waals surface area contributed by atoms with Crippen molar-refractivity contribution in [2.24, 2.45) is 0 Å². The predicted molar refractivity (Wildman–Crippen MR) is 97.3 cm³/mol. The summed E-state index contributed by atoms with van der Waals surface area (Å²) in [6, 6.07) is 7.77. The number of aromatic nitrogens is 1. The number of nitrogens with one attached hydrogen (secondary N) is 1. The molecule has 0 radical (unpaired) electrons. The van der Waals surface area contributed by atoms with Crippen molar-refractivity contribution in [1.29, 1.82) is 0 Å². The van der Waals surface area contributed by atoms with Crippen molar-refractivity contribution < 1.29 is 9.90 Å².